The van der Waals surface area contributed by atoms with E-state index in [0.29, 0.717) is 35.3 Å². The Labute approximate surface area is 208 Å². The van der Waals surface area contributed by atoms with Crippen molar-refractivity contribution in [1.82, 2.24) is 20.5 Å². The topological polar surface area (TPSA) is 97.0 Å². The van der Waals surface area contributed by atoms with Crippen LogP contribution in [-0.4, -0.2) is 27.6 Å². The minimum absolute atomic E-state index is 0.125. The molecule has 0 radical (unpaired) electrons. The Kier molecular flexibility index (Phi) is 8.25. The molecule has 4 aromatic rings. The van der Waals surface area contributed by atoms with E-state index in [1.807, 2.05) is 54.6 Å². The summed E-state index contributed by atoms with van der Waals surface area (Å²) in [7, 11) is 0. The summed E-state index contributed by atoms with van der Waals surface area (Å²) in [5.41, 5.74) is 2.71. The SMILES string of the molecule is O=C(CCc1nnc(-c2ccc(OCc3cccc(Cl)c3)cc2)[nH]c1=O)NCCc1ccccc1. The smallest absolute Gasteiger partial charge is 0.273 e. The molecule has 35 heavy (non-hydrogen) atoms. The van der Waals surface area contributed by atoms with E-state index in [-0.39, 0.29) is 30.0 Å². The first-order valence-corrected chi connectivity index (χ1v) is 11.7. The molecule has 2 N–H and O–H groups in total. The highest BCUT2D eigenvalue weighted by atomic mass is 35.5. The standard InChI is InChI=1S/C27H25ClN4O3/c28-22-8-4-7-20(17-22)18-35-23-11-9-21(10-12-23)26-30-27(34)24(31-32-26)13-14-25(33)29-16-15-19-5-2-1-3-6-19/h1-12,17H,13-16,18H2,(H,29,33)(H,30,32,34). The van der Waals surface area contributed by atoms with Gasteiger partial charge < -0.3 is 15.0 Å². The summed E-state index contributed by atoms with van der Waals surface area (Å²) in [6, 6.07) is 24.6. The van der Waals surface area contributed by atoms with Crippen molar-refractivity contribution in [3.63, 3.8) is 0 Å². The second kappa shape index (κ2) is 11.9. The van der Waals surface area contributed by atoms with Gasteiger partial charge in [-0.3, -0.25) is 9.59 Å². The van der Waals surface area contributed by atoms with Gasteiger partial charge in [0.15, 0.2) is 5.82 Å². The van der Waals surface area contributed by atoms with Crippen LogP contribution < -0.4 is 15.6 Å². The van der Waals surface area contributed by atoms with E-state index in [2.05, 4.69) is 20.5 Å². The van der Waals surface area contributed by atoms with E-state index >= 15 is 0 Å². The molecule has 0 fully saturated rings. The number of nitrogens with zero attached hydrogens (tertiary/aromatic N) is 2. The molecule has 3 aromatic carbocycles. The molecular weight excluding hydrogens is 464 g/mol. The van der Waals surface area contributed by atoms with Crippen LogP contribution in [0.3, 0.4) is 0 Å². The van der Waals surface area contributed by atoms with Gasteiger partial charge in [-0.2, -0.15) is 0 Å². The van der Waals surface area contributed by atoms with E-state index in [9.17, 15) is 9.59 Å². The molecule has 1 aromatic heterocycles. The van der Waals surface area contributed by atoms with Gasteiger partial charge in [-0.1, -0.05) is 54.1 Å². The van der Waals surface area contributed by atoms with E-state index in [1.165, 1.54) is 0 Å². The lowest BCUT2D eigenvalue weighted by Crippen LogP contribution is -2.27. The maximum Gasteiger partial charge on any atom is 0.273 e. The maximum absolute atomic E-state index is 12.5. The highest BCUT2D eigenvalue weighted by Crippen LogP contribution is 2.20. The zero-order chi connectivity index (χ0) is 24.5. The number of carbonyl (C=O) groups is 1. The van der Waals surface area contributed by atoms with Gasteiger partial charge in [-0.15, -0.1) is 10.2 Å². The number of carbonyl (C=O) groups excluding carboxylic acids is 1. The Bertz CT molecular complexity index is 1320. The minimum Gasteiger partial charge on any atom is -0.489 e. The first-order chi connectivity index (χ1) is 17.1. The third kappa shape index (κ3) is 7.25. The number of H-pyrrole nitrogens is 1. The second-order valence-electron chi connectivity index (χ2n) is 7.98. The average Bonchev–Trinajstić information content (AvgIpc) is 2.88. The normalized spacial score (nSPS) is 10.7. The number of hydrogen-bond acceptors (Lipinski definition) is 5. The Morgan fingerprint density at radius 3 is 2.43 bits per heavy atom. The Morgan fingerprint density at radius 1 is 0.914 bits per heavy atom. The van der Waals surface area contributed by atoms with Gasteiger partial charge in [-0.25, -0.2) is 0 Å². The molecule has 0 saturated carbocycles. The molecule has 0 atom stereocenters. The summed E-state index contributed by atoms with van der Waals surface area (Å²) >= 11 is 6.00. The summed E-state index contributed by atoms with van der Waals surface area (Å²) in [4.78, 5) is 27.3. The van der Waals surface area contributed by atoms with Gasteiger partial charge in [0.25, 0.3) is 5.56 Å². The number of benzene rings is 3. The maximum atomic E-state index is 12.5. The lowest BCUT2D eigenvalue weighted by Gasteiger charge is -2.08. The lowest BCUT2D eigenvalue weighted by atomic mass is 10.1. The summed E-state index contributed by atoms with van der Waals surface area (Å²) in [6.07, 6.45) is 1.15. The van der Waals surface area contributed by atoms with Crippen molar-refractivity contribution in [2.45, 2.75) is 25.9 Å². The van der Waals surface area contributed by atoms with Crippen molar-refractivity contribution in [2.75, 3.05) is 6.54 Å². The van der Waals surface area contributed by atoms with Crippen LogP contribution in [0.4, 0.5) is 0 Å². The number of halogens is 1. The van der Waals surface area contributed by atoms with E-state index in [1.54, 1.807) is 24.3 Å². The van der Waals surface area contributed by atoms with Crippen LogP contribution in [0.2, 0.25) is 5.02 Å². The predicted molar refractivity (Wildman–Crippen MR) is 135 cm³/mol. The zero-order valence-corrected chi connectivity index (χ0v) is 19.8. The average molecular weight is 489 g/mol. The molecule has 0 aliphatic heterocycles. The van der Waals surface area contributed by atoms with Crippen LogP contribution >= 0.6 is 11.6 Å². The van der Waals surface area contributed by atoms with Gasteiger partial charge >= 0.3 is 0 Å². The quantitative estimate of drug-likeness (QED) is 0.346. The van der Waals surface area contributed by atoms with Crippen LogP contribution in [0.1, 0.15) is 23.2 Å². The Morgan fingerprint density at radius 2 is 1.69 bits per heavy atom. The number of aromatic nitrogens is 3. The third-order valence-corrected chi connectivity index (χ3v) is 5.59. The Hall–Kier alpha value is -3.97. The number of amides is 1. The molecule has 178 valence electrons. The molecule has 0 aliphatic rings. The summed E-state index contributed by atoms with van der Waals surface area (Å²) in [6.45, 7) is 0.938. The molecule has 0 aliphatic carbocycles. The van der Waals surface area contributed by atoms with Gasteiger partial charge in [0, 0.05) is 30.0 Å². The van der Waals surface area contributed by atoms with Crippen molar-refractivity contribution in [2.24, 2.45) is 0 Å². The number of aromatic amines is 1. The molecular formula is C27H25ClN4O3. The minimum atomic E-state index is -0.353. The van der Waals surface area contributed by atoms with E-state index < -0.39 is 0 Å². The fourth-order valence-electron chi connectivity index (χ4n) is 3.47. The van der Waals surface area contributed by atoms with Crippen molar-refractivity contribution in [1.29, 1.82) is 0 Å². The van der Waals surface area contributed by atoms with Gasteiger partial charge in [0.1, 0.15) is 18.1 Å². The third-order valence-electron chi connectivity index (χ3n) is 5.35. The molecule has 1 amide bonds. The van der Waals surface area contributed by atoms with Crippen molar-refractivity contribution < 1.29 is 9.53 Å². The fraction of sp³-hybridized carbons (Fsp3) is 0.185. The first-order valence-electron chi connectivity index (χ1n) is 11.3. The van der Waals surface area contributed by atoms with Gasteiger partial charge in [0.05, 0.1) is 0 Å². The van der Waals surface area contributed by atoms with Crippen LogP contribution in [0.5, 0.6) is 5.75 Å². The molecule has 4 rings (SSSR count). The highest BCUT2D eigenvalue weighted by molar-refractivity contribution is 6.30. The van der Waals surface area contributed by atoms with Crippen LogP contribution in [0.15, 0.2) is 83.7 Å². The van der Waals surface area contributed by atoms with Crippen LogP contribution in [0, 0.1) is 0 Å². The first kappa shape index (κ1) is 24.2. The van der Waals surface area contributed by atoms with Crippen molar-refractivity contribution in [3.05, 3.63) is 111 Å². The number of aryl methyl sites for hydroxylation is 1. The zero-order valence-electron chi connectivity index (χ0n) is 19.0. The van der Waals surface area contributed by atoms with Gasteiger partial charge in [-0.05, 0) is 53.9 Å². The summed E-state index contributed by atoms with van der Waals surface area (Å²) in [5, 5.41) is 11.7. The number of ether oxygens (including phenoxy) is 1. The molecule has 0 unspecified atom stereocenters. The number of hydrogen-bond donors (Lipinski definition) is 2. The van der Waals surface area contributed by atoms with E-state index in [0.717, 1.165) is 17.5 Å². The van der Waals surface area contributed by atoms with Gasteiger partial charge in [0.2, 0.25) is 5.91 Å². The van der Waals surface area contributed by atoms with Crippen LogP contribution in [-0.2, 0) is 24.2 Å². The molecule has 0 spiro atoms. The number of rotatable bonds is 10. The predicted octanol–water partition coefficient (Wildman–Crippen LogP) is 4.36. The molecule has 0 saturated heterocycles. The monoisotopic (exact) mass is 488 g/mol. The molecule has 0 bridgehead atoms. The van der Waals surface area contributed by atoms with Crippen molar-refractivity contribution in [3.8, 4) is 17.1 Å². The molecule has 8 heteroatoms. The lowest BCUT2D eigenvalue weighted by molar-refractivity contribution is -0.121. The molecule has 7 nitrogen and oxygen atoms in total. The molecule has 1 heterocycles. The summed E-state index contributed by atoms with van der Waals surface area (Å²) < 4.78 is 5.78. The van der Waals surface area contributed by atoms with Crippen LogP contribution in [0.25, 0.3) is 11.4 Å². The van der Waals surface area contributed by atoms with E-state index in [4.69, 9.17) is 16.3 Å². The second-order valence-corrected chi connectivity index (χ2v) is 8.41. The highest BCUT2D eigenvalue weighted by Gasteiger charge is 2.10. The fourth-order valence-corrected chi connectivity index (χ4v) is 3.68. The summed E-state index contributed by atoms with van der Waals surface area (Å²) in [5.74, 6) is 0.908. The number of nitrogens with one attached hydrogen (secondary N) is 2. The largest absolute Gasteiger partial charge is 0.489 e. The van der Waals surface area contributed by atoms with Crippen molar-refractivity contribution >= 4 is 17.5 Å². The Balaban J connectivity index is 1.27.